The molecule has 0 aromatic carbocycles. The highest BCUT2D eigenvalue weighted by Crippen LogP contribution is 2.09. The smallest absolute Gasteiger partial charge is 0.355 e. The summed E-state index contributed by atoms with van der Waals surface area (Å²) in [6, 6.07) is -0.342. The van der Waals surface area contributed by atoms with Crippen molar-refractivity contribution in [2.24, 2.45) is 0 Å². The lowest BCUT2D eigenvalue weighted by Gasteiger charge is -2.15. The van der Waals surface area contributed by atoms with E-state index >= 15 is 0 Å². The molecule has 0 bridgehead atoms. The van der Waals surface area contributed by atoms with Gasteiger partial charge < -0.3 is 20.4 Å². The first-order valence-electron chi connectivity index (χ1n) is 4.82. The van der Waals surface area contributed by atoms with Crippen molar-refractivity contribution in [3.05, 3.63) is 16.1 Å². The Hall–Kier alpha value is -1.67. The Balaban J connectivity index is 2.44. The Kier molecular flexibility index (Phi) is 4.85. The van der Waals surface area contributed by atoms with Gasteiger partial charge in [0.2, 0.25) is 0 Å². The fraction of sp³-hybridized carbons (Fsp3) is 0.444. The summed E-state index contributed by atoms with van der Waals surface area (Å²) >= 11 is 1.17. The third-order valence-electron chi connectivity index (χ3n) is 1.94. The van der Waals surface area contributed by atoms with E-state index in [1.165, 1.54) is 21.6 Å². The number of urea groups is 1. The molecule has 0 spiro atoms. The zero-order chi connectivity index (χ0) is 12.8. The summed E-state index contributed by atoms with van der Waals surface area (Å²) in [5.41, 5.74) is -0.0250. The number of amides is 2. The molecule has 0 aliphatic rings. The number of carbonyl (C=O) groups is 2. The minimum Gasteiger partial charge on any atom is -0.476 e. The first-order valence-corrected chi connectivity index (χ1v) is 5.70. The SMILES string of the molecule is CN(CCO)C(=O)NCc1nc(C(=O)O)cs1. The van der Waals surface area contributed by atoms with Gasteiger partial charge in [-0.25, -0.2) is 14.6 Å². The highest BCUT2D eigenvalue weighted by molar-refractivity contribution is 7.09. The Bertz CT molecular complexity index is 407. The number of hydrogen-bond acceptors (Lipinski definition) is 5. The molecule has 0 saturated heterocycles. The minimum absolute atomic E-state index is 0.0250. The molecule has 1 aromatic rings. The Morgan fingerprint density at radius 3 is 2.82 bits per heavy atom. The molecular weight excluding hydrogens is 246 g/mol. The molecular formula is C9H13N3O4S. The predicted molar refractivity (Wildman–Crippen MR) is 61.0 cm³/mol. The number of carboxylic acid groups (broad SMARTS) is 1. The summed E-state index contributed by atoms with van der Waals surface area (Å²) in [7, 11) is 1.55. The van der Waals surface area contributed by atoms with Crippen molar-refractivity contribution in [1.29, 1.82) is 0 Å². The average molecular weight is 259 g/mol. The first kappa shape index (κ1) is 13.4. The van der Waals surface area contributed by atoms with E-state index in [4.69, 9.17) is 10.2 Å². The van der Waals surface area contributed by atoms with E-state index in [0.717, 1.165) is 0 Å². The molecule has 3 N–H and O–H groups in total. The summed E-state index contributed by atoms with van der Waals surface area (Å²) in [5.74, 6) is -1.09. The number of likely N-dealkylation sites (N-methyl/N-ethyl adjacent to an activating group) is 1. The van der Waals surface area contributed by atoms with E-state index < -0.39 is 5.97 Å². The Morgan fingerprint density at radius 1 is 1.59 bits per heavy atom. The maximum absolute atomic E-state index is 11.4. The molecule has 0 aliphatic heterocycles. The van der Waals surface area contributed by atoms with Gasteiger partial charge in [0.05, 0.1) is 13.2 Å². The van der Waals surface area contributed by atoms with Crippen molar-refractivity contribution in [1.82, 2.24) is 15.2 Å². The van der Waals surface area contributed by atoms with Crippen molar-refractivity contribution < 1.29 is 19.8 Å². The lowest BCUT2D eigenvalue weighted by atomic mass is 10.5. The number of carbonyl (C=O) groups excluding carboxylic acids is 1. The van der Waals surface area contributed by atoms with E-state index in [9.17, 15) is 9.59 Å². The number of aliphatic hydroxyl groups is 1. The number of thiazole rings is 1. The zero-order valence-corrected chi connectivity index (χ0v) is 10.0. The molecule has 1 rings (SSSR count). The molecule has 8 heteroatoms. The number of carboxylic acids is 1. The van der Waals surface area contributed by atoms with Gasteiger partial charge in [0, 0.05) is 19.0 Å². The van der Waals surface area contributed by atoms with Crippen LogP contribution in [0.2, 0.25) is 0 Å². The van der Waals surface area contributed by atoms with Crippen LogP contribution in [-0.2, 0) is 6.54 Å². The topological polar surface area (TPSA) is 103 Å². The second-order valence-corrected chi connectivity index (χ2v) is 4.18. The van der Waals surface area contributed by atoms with E-state index in [-0.39, 0.29) is 31.4 Å². The zero-order valence-electron chi connectivity index (χ0n) is 9.21. The second kappa shape index (κ2) is 6.16. The second-order valence-electron chi connectivity index (χ2n) is 3.24. The van der Waals surface area contributed by atoms with Crippen LogP contribution in [0.5, 0.6) is 0 Å². The van der Waals surface area contributed by atoms with E-state index in [2.05, 4.69) is 10.3 Å². The molecule has 0 aliphatic carbocycles. The van der Waals surface area contributed by atoms with Gasteiger partial charge in [0.1, 0.15) is 5.01 Å². The third-order valence-corrected chi connectivity index (χ3v) is 2.79. The fourth-order valence-electron chi connectivity index (χ4n) is 1.03. The number of aromatic nitrogens is 1. The summed E-state index contributed by atoms with van der Waals surface area (Å²) in [4.78, 5) is 27.1. The van der Waals surface area contributed by atoms with Crippen LogP contribution in [0.15, 0.2) is 5.38 Å². The molecule has 0 unspecified atom stereocenters. The molecule has 0 radical (unpaired) electrons. The standard InChI is InChI=1S/C9H13N3O4S/c1-12(2-3-13)9(16)10-4-7-11-6(5-17-7)8(14)15/h5,13H,2-4H2,1H3,(H,10,16)(H,14,15). The van der Waals surface area contributed by atoms with Crippen LogP contribution >= 0.6 is 11.3 Å². The number of rotatable bonds is 5. The highest BCUT2D eigenvalue weighted by atomic mass is 32.1. The molecule has 1 aromatic heterocycles. The maximum Gasteiger partial charge on any atom is 0.355 e. The summed E-state index contributed by atoms with van der Waals surface area (Å²) in [5, 5.41) is 21.8. The van der Waals surface area contributed by atoms with Crippen molar-refractivity contribution in [3.8, 4) is 0 Å². The van der Waals surface area contributed by atoms with E-state index in [1.54, 1.807) is 7.05 Å². The van der Waals surface area contributed by atoms with Gasteiger partial charge >= 0.3 is 12.0 Å². The summed E-state index contributed by atoms with van der Waals surface area (Å²) in [6.07, 6.45) is 0. The number of nitrogens with zero attached hydrogens (tertiary/aromatic N) is 2. The number of hydrogen-bond donors (Lipinski definition) is 3. The molecule has 1 heterocycles. The number of aliphatic hydroxyl groups excluding tert-OH is 1. The van der Waals surface area contributed by atoms with Crippen molar-refractivity contribution in [2.45, 2.75) is 6.54 Å². The molecule has 2 amide bonds. The lowest BCUT2D eigenvalue weighted by Crippen LogP contribution is -2.38. The van der Waals surface area contributed by atoms with Crippen molar-refractivity contribution in [2.75, 3.05) is 20.2 Å². The largest absolute Gasteiger partial charge is 0.476 e. The monoisotopic (exact) mass is 259 g/mol. The average Bonchev–Trinajstić information content (AvgIpc) is 2.75. The Labute approximate surface area is 102 Å². The van der Waals surface area contributed by atoms with Crippen LogP contribution in [0.4, 0.5) is 4.79 Å². The molecule has 0 fully saturated rings. The van der Waals surface area contributed by atoms with Crippen LogP contribution < -0.4 is 5.32 Å². The van der Waals surface area contributed by atoms with Crippen molar-refractivity contribution in [3.63, 3.8) is 0 Å². The summed E-state index contributed by atoms with van der Waals surface area (Å²) < 4.78 is 0. The van der Waals surface area contributed by atoms with Crippen molar-refractivity contribution >= 4 is 23.3 Å². The quantitative estimate of drug-likeness (QED) is 0.689. The highest BCUT2D eigenvalue weighted by Gasteiger charge is 2.11. The first-order chi connectivity index (χ1) is 8.04. The van der Waals surface area contributed by atoms with Gasteiger partial charge in [0.25, 0.3) is 0 Å². The van der Waals surface area contributed by atoms with Gasteiger partial charge in [-0.3, -0.25) is 0 Å². The molecule has 0 saturated carbocycles. The van der Waals surface area contributed by atoms with Crippen LogP contribution in [0, 0.1) is 0 Å². The predicted octanol–water partition coefficient (Wildman–Crippen LogP) is -0.0250. The molecule has 7 nitrogen and oxygen atoms in total. The Morgan fingerprint density at radius 2 is 2.29 bits per heavy atom. The maximum atomic E-state index is 11.4. The number of aromatic carboxylic acids is 1. The van der Waals surface area contributed by atoms with Gasteiger partial charge in [0.15, 0.2) is 5.69 Å². The van der Waals surface area contributed by atoms with Gasteiger partial charge in [-0.05, 0) is 0 Å². The van der Waals surface area contributed by atoms with E-state index in [1.807, 2.05) is 0 Å². The fourth-order valence-corrected chi connectivity index (χ4v) is 1.74. The van der Waals surface area contributed by atoms with Gasteiger partial charge in [-0.2, -0.15) is 0 Å². The third kappa shape index (κ3) is 4.00. The van der Waals surface area contributed by atoms with Crippen LogP contribution in [0.3, 0.4) is 0 Å². The molecule has 94 valence electrons. The molecule has 17 heavy (non-hydrogen) atoms. The van der Waals surface area contributed by atoms with E-state index in [0.29, 0.717) is 5.01 Å². The molecule has 0 atom stereocenters. The van der Waals surface area contributed by atoms with Crippen LogP contribution in [-0.4, -0.2) is 52.3 Å². The minimum atomic E-state index is -1.09. The lowest BCUT2D eigenvalue weighted by molar-refractivity contribution is 0.0691. The summed E-state index contributed by atoms with van der Waals surface area (Å²) in [6.45, 7) is 0.307. The van der Waals surface area contributed by atoms with Gasteiger partial charge in [-0.15, -0.1) is 11.3 Å². The van der Waals surface area contributed by atoms with Gasteiger partial charge in [-0.1, -0.05) is 0 Å². The van der Waals surface area contributed by atoms with Crippen LogP contribution in [0.25, 0.3) is 0 Å². The number of nitrogens with one attached hydrogen (secondary N) is 1. The normalized spacial score (nSPS) is 10.0. The van der Waals surface area contributed by atoms with Crippen LogP contribution in [0.1, 0.15) is 15.5 Å².